The molecule has 3 nitrogen and oxygen atoms in total. The second kappa shape index (κ2) is 2.21. The third-order valence-electron chi connectivity index (χ3n) is 2.10. The van der Waals surface area contributed by atoms with Gasteiger partial charge in [-0.1, -0.05) is 5.16 Å². The highest BCUT2D eigenvalue weighted by molar-refractivity contribution is 5.95. The van der Waals surface area contributed by atoms with Crippen LogP contribution in [0.1, 0.15) is 34.1 Å². The first-order valence-corrected chi connectivity index (χ1v) is 3.88. The first-order valence-electron chi connectivity index (χ1n) is 3.88. The molecule has 0 radical (unpaired) electrons. The minimum absolute atomic E-state index is 0.0606. The molecule has 0 aromatic rings. The molecule has 2 N–H and O–H groups in total. The summed E-state index contributed by atoms with van der Waals surface area (Å²) in [5, 5.41) is 15.4. The SMILES string of the molecule is CC1(C)CC(=NO)C(C)(C)N1. The van der Waals surface area contributed by atoms with Gasteiger partial charge in [-0.05, 0) is 27.7 Å². The van der Waals surface area contributed by atoms with Crippen molar-refractivity contribution < 1.29 is 5.21 Å². The third-order valence-corrected chi connectivity index (χ3v) is 2.10. The second-order valence-electron chi connectivity index (χ2n) is 4.36. The van der Waals surface area contributed by atoms with Crippen LogP contribution in [0.15, 0.2) is 5.16 Å². The lowest BCUT2D eigenvalue weighted by Gasteiger charge is -2.23. The Hall–Kier alpha value is -0.570. The van der Waals surface area contributed by atoms with E-state index in [1.807, 2.05) is 13.8 Å². The molecule has 1 heterocycles. The monoisotopic (exact) mass is 156 g/mol. The number of rotatable bonds is 0. The molecule has 3 heteroatoms. The van der Waals surface area contributed by atoms with Crippen molar-refractivity contribution in [1.82, 2.24) is 5.32 Å². The van der Waals surface area contributed by atoms with Crippen molar-refractivity contribution in [1.29, 1.82) is 0 Å². The van der Waals surface area contributed by atoms with E-state index in [4.69, 9.17) is 5.21 Å². The van der Waals surface area contributed by atoms with E-state index in [0.717, 1.165) is 12.1 Å². The van der Waals surface area contributed by atoms with Crippen LogP contribution in [-0.4, -0.2) is 22.0 Å². The summed E-state index contributed by atoms with van der Waals surface area (Å²) in [5.74, 6) is 0. The number of hydrogen-bond acceptors (Lipinski definition) is 3. The van der Waals surface area contributed by atoms with Crippen molar-refractivity contribution in [3.8, 4) is 0 Å². The normalized spacial score (nSPS) is 31.1. The van der Waals surface area contributed by atoms with Crippen LogP contribution in [0.25, 0.3) is 0 Å². The molecule has 0 saturated carbocycles. The lowest BCUT2D eigenvalue weighted by atomic mass is 9.98. The van der Waals surface area contributed by atoms with E-state index in [0.29, 0.717) is 0 Å². The van der Waals surface area contributed by atoms with Gasteiger partial charge in [0.15, 0.2) is 0 Å². The van der Waals surface area contributed by atoms with E-state index < -0.39 is 0 Å². The molecule has 0 spiro atoms. The van der Waals surface area contributed by atoms with Crippen LogP contribution >= 0.6 is 0 Å². The Bertz CT molecular complexity index is 194. The zero-order valence-electron chi connectivity index (χ0n) is 7.60. The molecule has 0 unspecified atom stereocenters. The Labute approximate surface area is 67.5 Å². The average Bonchev–Trinajstić information content (AvgIpc) is 1.99. The Balaban J connectivity index is 2.89. The van der Waals surface area contributed by atoms with Gasteiger partial charge in [0, 0.05) is 12.0 Å². The number of hydrogen-bond donors (Lipinski definition) is 2. The molecule has 0 amide bonds. The van der Waals surface area contributed by atoms with E-state index in [-0.39, 0.29) is 11.1 Å². The Morgan fingerprint density at radius 1 is 1.36 bits per heavy atom. The van der Waals surface area contributed by atoms with Crippen molar-refractivity contribution in [3.63, 3.8) is 0 Å². The van der Waals surface area contributed by atoms with Crippen molar-refractivity contribution in [2.45, 2.75) is 45.2 Å². The van der Waals surface area contributed by atoms with Gasteiger partial charge in [-0.2, -0.15) is 0 Å². The molecule has 0 aromatic carbocycles. The van der Waals surface area contributed by atoms with Gasteiger partial charge >= 0.3 is 0 Å². The van der Waals surface area contributed by atoms with Gasteiger partial charge in [0.25, 0.3) is 0 Å². The predicted octanol–water partition coefficient (Wildman–Crippen LogP) is 1.37. The second-order valence-corrected chi connectivity index (χ2v) is 4.36. The number of nitrogens with zero attached hydrogens (tertiary/aromatic N) is 1. The fraction of sp³-hybridized carbons (Fsp3) is 0.875. The van der Waals surface area contributed by atoms with Crippen LogP contribution in [0.4, 0.5) is 0 Å². The van der Waals surface area contributed by atoms with Crippen LogP contribution in [0.2, 0.25) is 0 Å². The zero-order valence-corrected chi connectivity index (χ0v) is 7.60. The predicted molar refractivity (Wildman–Crippen MR) is 45.1 cm³/mol. The molecule has 1 fully saturated rings. The molecular weight excluding hydrogens is 140 g/mol. The van der Waals surface area contributed by atoms with Gasteiger partial charge < -0.3 is 10.5 Å². The average molecular weight is 156 g/mol. The van der Waals surface area contributed by atoms with Crippen LogP contribution in [0.5, 0.6) is 0 Å². The molecule has 1 rings (SSSR count). The largest absolute Gasteiger partial charge is 0.411 e. The maximum absolute atomic E-state index is 8.68. The van der Waals surface area contributed by atoms with Crippen molar-refractivity contribution >= 4 is 5.71 Å². The summed E-state index contributed by atoms with van der Waals surface area (Å²) in [6, 6.07) is 0. The van der Waals surface area contributed by atoms with Gasteiger partial charge in [0.1, 0.15) is 0 Å². The zero-order chi connectivity index (χ0) is 8.70. The summed E-state index contributed by atoms with van der Waals surface area (Å²) in [7, 11) is 0. The van der Waals surface area contributed by atoms with Crippen molar-refractivity contribution in [3.05, 3.63) is 0 Å². The molecule has 11 heavy (non-hydrogen) atoms. The molecule has 0 aliphatic carbocycles. The molecule has 0 atom stereocenters. The summed E-state index contributed by atoms with van der Waals surface area (Å²) in [6.45, 7) is 8.26. The van der Waals surface area contributed by atoms with Gasteiger partial charge in [0.2, 0.25) is 0 Å². The summed E-state index contributed by atoms with van der Waals surface area (Å²) in [4.78, 5) is 0. The minimum Gasteiger partial charge on any atom is -0.411 e. The van der Waals surface area contributed by atoms with E-state index in [1.54, 1.807) is 0 Å². The van der Waals surface area contributed by atoms with Gasteiger partial charge in [-0.3, -0.25) is 0 Å². The Morgan fingerprint density at radius 2 is 1.91 bits per heavy atom. The molecule has 0 bridgehead atoms. The van der Waals surface area contributed by atoms with Gasteiger partial charge in [-0.25, -0.2) is 0 Å². The highest BCUT2D eigenvalue weighted by atomic mass is 16.4. The topological polar surface area (TPSA) is 44.6 Å². The summed E-state index contributed by atoms with van der Waals surface area (Å²) in [5.41, 5.74) is 0.742. The quantitative estimate of drug-likeness (QED) is 0.411. The number of nitrogens with one attached hydrogen (secondary N) is 1. The van der Waals surface area contributed by atoms with Crippen LogP contribution in [0.3, 0.4) is 0 Å². The Morgan fingerprint density at radius 3 is 2.09 bits per heavy atom. The van der Waals surface area contributed by atoms with Crippen LogP contribution in [-0.2, 0) is 0 Å². The van der Waals surface area contributed by atoms with Gasteiger partial charge in [0.05, 0.1) is 11.3 Å². The molecule has 64 valence electrons. The maximum atomic E-state index is 8.68. The lowest BCUT2D eigenvalue weighted by Crippen LogP contribution is -2.45. The van der Waals surface area contributed by atoms with Gasteiger partial charge in [-0.15, -0.1) is 0 Å². The van der Waals surface area contributed by atoms with Crippen LogP contribution < -0.4 is 5.32 Å². The molecule has 1 aliphatic heterocycles. The van der Waals surface area contributed by atoms with Crippen molar-refractivity contribution in [2.75, 3.05) is 0 Å². The molecular formula is C8H16N2O. The van der Waals surface area contributed by atoms with E-state index in [9.17, 15) is 0 Å². The van der Waals surface area contributed by atoms with E-state index >= 15 is 0 Å². The van der Waals surface area contributed by atoms with Crippen LogP contribution in [0, 0.1) is 0 Å². The summed E-state index contributed by atoms with van der Waals surface area (Å²) in [6.07, 6.45) is 0.816. The summed E-state index contributed by atoms with van der Waals surface area (Å²) >= 11 is 0. The van der Waals surface area contributed by atoms with Crippen molar-refractivity contribution in [2.24, 2.45) is 5.16 Å². The van der Waals surface area contributed by atoms with E-state index in [2.05, 4.69) is 24.3 Å². The fourth-order valence-electron chi connectivity index (χ4n) is 1.76. The molecule has 0 aromatic heterocycles. The third kappa shape index (κ3) is 1.53. The highest BCUT2D eigenvalue weighted by Crippen LogP contribution is 2.27. The molecule has 1 aliphatic rings. The summed E-state index contributed by atoms with van der Waals surface area (Å²) < 4.78 is 0. The maximum Gasteiger partial charge on any atom is 0.0783 e. The number of oxime groups is 1. The Kier molecular flexibility index (Phi) is 1.71. The molecule has 1 saturated heterocycles. The fourth-order valence-corrected chi connectivity index (χ4v) is 1.76. The van der Waals surface area contributed by atoms with E-state index in [1.165, 1.54) is 0 Å². The first-order chi connectivity index (χ1) is 4.87. The smallest absolute Gasteiger partial charge is 0.0783 e. The lowest BCUT2D eigenvalue weighted by molar-refractivity contribution is 0.313. The first kappa shape index (κ1) is 8.53. The highest BCUT2D eigenvalue weighted by Gasteiger charge is 2.41. The minimum atomic E-state index is -0.155. The standard InChI is InChI=1S/C8H16N2O/c1-7(2)5-6(9-11)8(3,4)10-7/h10-11H,5H2,1-4H3.